The summed E-state index contributed by atoms with van der Waals surface area (Å²) in [6.07, 6.45) is 3.17. The molecule has 0 fully saturated rings. The molecule has 1 aromatic heterocycles. The quantitative estimate of drug-likeness (QED) is 0.717. The van der Waals surface area contributed by atoms with Crippen molar-refractivity contribution in [1.29, 1.82) is 0 Å². The third-order valence-corrected chi connectivity index (χ3v) is 4.79. The van der Waals surface area contributed by atoms with Crippen molar-refractivity contribution in [1.82, 2.24) is 14.8 Å². The van der Waals surface area contributed by atoms with Crippen LogP contribution >= 0.6 is 23.2 Å². The van der Waals surface area contributed by atoms with Gasteiger partial charge in [-0.15, -0.1) is 23.2 Å². The Morgan fingerprint density at radius 1 is 1.10 bits per heavy atom. The van der Waals surface area contributed by atoms with E-state index in [4.69, 9.17) is 23.2 Å². The molecule has 0 aliphatic rings. The van der Waals surface area contributed by atoms with E-state index in [0.29, 0.717) is 11.8 Å². The molecule has 1 heterocycles. The third kappa shape index (κ3) is 3.98. The summed E-state index contributed by atoms with van der Waals surface area (Å²) < 4.78 is 1.94. The maximum atomic E-state index is 6.28. The van der Waals surface area contributed by atoms with Crippen LogP contribution in [-0.2, 0) is 12.8 Å². The second kappa shape index (κ2) is 7.28. The van der Waals surface area contributed by atoms with Crippen LogP contribution in [0, 0.1) is 5.41 Å². The van der Waals surface area contributed by atoms with Gasteiger partial charge >= 0.3 is 0 Å². The van der Waals surface area contributed by atoms with Gasteiger partial charge in [-0.2, -0.15) is 5.10 Å². The molecule has 21 heavy (non-hydrogen) atoms. The minimum atomic E-state index is -0.204. The van der Waals surface area contributed by atoms with E-state index in [0.717, 1.165) is 18.7 Å². The van der Waals surface area contributed by atoms with Gasteiger partial charge in [0.2, 0.25) is 0 Å². The summed E-state index contributed by atoms with van der Waals surface area (Å²) in [6, 6.07) is 10.6. The third-order valence-electron chi connectivity index (χ3n) is 3.66. The van der Waals surface area contributed by atoms with Crippen LogP contribution in [0.2, 0.25) is 0 Å². The number of hydrogen-bond acceptors (Lipinski definition) is 2. The monoisotopic (exact) mass is 325 g/mol. The Morgan fingerprint density at radius 2 is 1.76 bits per heavy atom. The van der Waals surface area contributed by atoms with Gasteiger partial charge in [0.25, 0.3) is 0 Å². The summed E-state index contributed by atoms with van der Waals surface area (Å²) in [5.74, 6) is 1.94. The van der Waals surface area contributed by atoms with Crippen molar-refractivity contribution in [2.45, 2.75) is 32.7 Å². The molecule has 114 valence electrons. The van der Waals surface area contributed by atoms with Gasteiger partial charge in [-0.05, 0) is 25.8 Å². The molecule has 2 rings (SSSR count). The molecule has 3 nitrogen and oxygen atoms in total. The van der Waals surface area contributed by atoms with Crippen molar-refractivity contribution in [3.8, 4) is 0 Å². The zero-order chi connectivity index (χ0) is 15.3. The molecule has 0 aliphatic heterocycles. The van der Waals surface area contributed by atoms with Crippen LogP contribution in [0.3, 0.4) is 0 Å². The Bertz CT molecular complexity index is 548. The van der Waals surface area contributed by atoms with Crippen LogP contribution < -0.4 is 0 Å². The summed E-state index contributed by atoms with van der Waals surface area (Å²) in [4.78, 5) is 4.39. The molecule has 0 spiro atoms. The molecule has 2 aromatic rings. The number of hydrogen-bond donors (Lipinski definition) is 0. The van der Waals surface area contributed by atoms with E-state index in [1.807, 2.05) is 22.9 Å². The number of nitrogens with zero attached hydrogens (tertiary/aromatic N) is 3. The molecule has 0 saturated heterocycles. The van der Waals surface area contributed by atoms with Crippen LogP contribution in [0.25, 0.3) is 0 Å². The SMILES string of the molecule is CC(C)n1ncnc1CC(CCl)(CCl)Cc1ccccc1. The van der Waals surface area contributed by atoms with E-state index in [2.05, 4.69) is 36.1 Å². The Balaban J connectivity index is 2.23. The highest BCUT2D eigenvalue weighted by molar-refractivity contribution is 6.21. The van der Waals surface area contributed by atoms with E-state index >= 15 is 0 Å². The average molecular weight is 326 g/mol. The Morgan fingerprint density at radius 3 is 2.33 bits per heavy atom. The predicted octanol–water partition coefficient (Wildman–Crippen LogP) is 4.11. The largest absolute Gasteiger partial charge is 0.248 e. The Labute approximate surface area is 136 Å². The summed E-state index contributed by atoms with van der Waals surface area (Å²) in [5, 5.41) is 4.29. The lowest BCUT2D eigenvalue weighted by atomic mass is 9.82. The lowest BCUT2D eigenvalue weighted by Gasteiger charge is -2.29. The van der Waals surface area contributed by atoms with Crippen LogP contribution in [0.4, 0.5) is 0 Å². The lowest BCUT2D eigenvalue weighted by Crippen LogP contribution is -2.32. The zero-order valence-electron chi connectivity index (χ0n) is 12.5. The maximum Gasteiger partial charge on any atom is 0.138 e. The van der Waals surface area contributed by atoms with Crippen LogP contribution in [0.1, 0.15) is 31.3 Å². The van der Waals surface area contributed by atoms with Gasteiger partial charge in [-0.25, -0.2) is 9.67 Å². The van der Waals surface area contributed by atoms with Gasteiger partial charge in [0.1, 0.15) is 12.2 Å². The highest BCUT2D eigenvalue weighted by Gasteiger charge is 2.31. The van der Waals surface area contributed by atoms with Crippen molar-refractivity contribution in [2.75, 3.05) is 11.8 Å². The number of halogens is 2. The maximum absolute atomic E-state index is 6.28. The minimum absolute atomic E-state index is 0.204. The fraction of sp³-hybridized carbons (Fsp3) is 0.500. The first kappa shape index (κ1) is 16.3. The molecule has 0 bridgehead atoms. The predicted molar refractivity (Wildman–Crippen MR) is 88.1 cm³/mol. The smallest absolute Gasteiger partial charge is 0.138 e. The molecule has 0 amide bonds. The lowest BCUT2D eigenvalue weighted by molar-refractivity contribution is 0.349. The molecule has 5 heteroatoms. The van der Waals surface area contributed by atoms with Gasteiger partial charge in [0.05, 0.1) is 0 Å². The zero-order valence-corrected chi connectivity index (χ0v) is 14.0. The standard InChI is InChI=1S/C16H21Cl2N3/c1-13(2)21-15(19-12-20-21)9-16(10-17,11-18)8-14-6-4-3-5-7-14/h3-7,12-13H,8-11H2,1-2H3. The number of alkyl halides is 2. The topological polar surface area (TPSA) is 30.7 Å². The van der Waals surface area contributed by atoms with E-state index in [-0.39, 0.29) is 11.5 Å². The molecule has 0 aliphatic carbocycles. The minimum Gasteiger partial charge on any atom is -0.248 e. The first-order valence-corrected chi connectivity index (χ1v) is 8.21. The normalized spacial score (nSPS) is 12.0. The van der Waals surface area contributed by atoms with E-state index in [9.17, 15) is 0 Å². The summed E-state index contributed by atoms with van der Waals surface area (Å²) in [5.41, 5.74) is 1.04. The second-order valence-electron chi connectivity index (χ2n) is 5.82. The number of benzene rings is 1. The number of aromatic nitrogens is 3. The highest BCUT2D eigenvalue weighted by Crippen LogP contribution is 2.31. The second-order valence-corrected chi connectivity index (χ2v) is 6.36. The molecular weight excluding hydrogens is 305 g/mol. The molecule has 0 radical (unpaired) electrons. The van der Waals surface area contributed by atoms with E-state index < -0.39 is 0 Å². The molecule has 0 unspecified atom stereocenters. The molecule has 0 N–H and O–H groups in total. The van der Waals surface area contributed by atoms with E-state index in [1.165, 1.54) is 5.56 Å². The molecular formula is C16H21Cl2N3. The van der Waals surface area contributed by atoms with Crippen LogP contribution in [0.15, 0.2) is 36.7 Å². The van der Waals surface area contributed by atoms with E-state index in [1.54, 1.807) is 6.33 Å². The fourth-order valence-electron chi connectivity index (χ4n) is 2.48. The summed E-state index contributed by atoms with van der Waals surface area (Å²) in [6.45, 7) is 4.19. The van der Waals surface area contributed by atoms with Gasteiger partial charge in [-0.1, -0.05) is 30.3 Å². The van der Waals surface area contributed by atoms with Crippen molar-refractivity contribution < 1.29 is 0 Å². The Kier molecular flexibility index (Phi) is 5.65. The van der Waals surface area contributed by atoms with Crippen molar-refractivity contribution in [3.05, 3.63) is 48.0 Å². The van der Waals surface area contributed by atoms with Crippen molar-refractivity contribution in [2.24, 2.45) is 5.41 Å². The molecule has 0 atom stereocenters. The van der Waals surface area contributed by atoms with Crippen molar-refractivity contribution >= 4 is 23.2 Å². The summed E-state index contributed by atoms with van der Waals surface area (Å²) >= 11 is 12.6. The number of rotatable bonds is 7. The molecule has 0 saturated carbocycles. The van der Waals surface area contributed by atoms with Crippen molar-refractivity contribution in [3.63, 3.8) is 0 Å². The van der Waals surface area contributed by atoms with Gasteiger partial charge in [0, 0.05) is 29.6 Å². The Hall–Kier alpha value is -1.06. The highest BCUT2D eigenvalue weighted by atomic mass is 35.5. The molecule has 1 aromatic carbocycles. The van der Waals surface area contributed by atoms with Crippen LogP contribution in [0.5, 0.6) is 0 Å². The first-order valence-electron chi connectivity index (χ1n) is 7.14. The first-order chi connectivity index (χ1) is 10.1. The van der Waals surface area contributed by atoms with Gasteiger partial charge < -0.3 is 0 Å². The fourth-order valence-corrected chi connectivity index (χ4v) is 3.15. The van der Waals surface area contributed by atoms with Crippen LogP contribution in [-0.4, -0.2) is 26.5 Å². The van der Waals surface area contributed by atoms with Gasteiger partial charge in [-0.3, -0.25) is 0 Å². The average Bonchev–Trinajstić information content (AvgIpc) is 2.95. The van der Waals surface area contributed by atoms with Gasteiger partial charge in [0.15, 0.2) is 0 Å². The summed E-state index contributed by atoms with van der Waals surface area (Å²) in [7, 11) is 0.